The van der Waals surface area contributed by atoms with Gasteiger partial charge in [-0.1, -0.05) is 19.8 Å². The van der Waals surface area contributed by atoms with Gasteiger partial charge in [-0.05, 0) is 89.0 Å². The second-order valence-electron chi connectivity index (χ2n) is 12.2. The van der Waals surface area contributed by atoms with Crippen LogP contribution < -0.4 is 14.8 Å². The minimum atomic E-state index is -0.452. The first-order valence-corrected chi connectivity index (χ1v) is 14.8. The first-order chi connectivity index (χ1) is 18.8. The quantitative estimate of drug-likeness (QED) is 0.294. The van der Waals surface area contributed by atoms with E-state index in [0.29, 0.717) is 23.8 Å². The summed E-state index contributed by atoms with van der Waals surface area (Å²) < 4.78 is 26.1. The maximum Gasteiger partial charge on any atom is 0.151 e. The van der Waals surface area contributed by atoms with Crippen LogP contribution in [0, 0.1) is 17.2 Å². The van der Waals surface area contributed by atoms with Crippen molar-refractivity contribution < 1.29 is 18.7 Å². The van der Waals surface area contributed by atoms with Crippen molar-refractivity contribution in [1.29, 1.82) is 0 Å². The van der Waals surface area contributed by atoms with Crippen LogP contribution in [0.5, 0.6) is 11.5 Å². The standard InChI is InChI=1S/C32H44FN3O3/c1-22(37)30(27-18-24(33)11-12-28(27)39-21-32(2)14-15-32)36-17-13-23(20-36)8-5-4-6-9-25-19-29(38-3)26-10-7-16-34-31(26)35-25/h11-12,18-19,23,30H,4-10,13-17,20-21H2,1-3H3,(H,34,35)/t23-,30+/m1/s1. The number of fused-ring (bicyclic) bond motifs is 1. The van der Waals surface area contributed by atoms with Gasteiger partial charge in [0.15, 0.2) is 5.78 Å². The van der Waals surface area contributed by atoms with E-state index in [1.54, 1.807) is 20.1 Å². The number of nitrogens with zero attached hydrogens (tertiary/aromatic N) is 2. The zero-order valence-corrected chi connectivity index (χ0v) is 23.9. The van der Waals surface area contributed by atoms with Crippen LogP contribution in [-0.4, -0.2) is 49.0 Å². The molecule has 1 N–H and O–H groups in total. The molecule has 2 atom stereocenters. The van der Waals surface area contributed by atoms with Crippen LogP contribution in [-0.2, 0) is 17.6 Å². The lowest BCUT2D eigenvalue weighted by Crippen LogP contribution is -2.32. The number of halogens is 1. The fourth-order valence-electron chi connectivity index (χ4n) is 6.16. The molecule has 2 aliphatic heterocycles. The number of benzene rings is 1. The van der Waals surface area contributed by atoms with Crippen molar-refractivity contribution in [2.75, 3.05) is 38.7 Å². The number of nitrogens with one attached hydrogen (secondary N) is 1. The largest absolute Gasteiger partial charge is 0.496 e. The highest BCUT2D eigenvalue weighted by Crippen LogP contribution is 2.46. The van der Waals surface area contributed by atoms with E-state index < -0.39 is 6.04 Å². The average molecular weight is 538 g/mol. The van der Waals surface area contributed by atoms with Gasteiger partial charge in [-0.25, -0.2) is 9.37 Å². The van der Waals surface area contributed by atoms with E-state index in [4.69, 9.17) is 14.5 Å². The summed E-state index contributed by atoms with van der Waals surface area (Å²) in [6, 6.07) is 6.29. The second-order valence-corrected chi connectivity index (χ2v) is 12.2. The van der Waals surface area contributed by atoms with E-state index in [9.17, 15) is 9.18 Å². The van der Waals surface area contributed by atoms with Gasteiger partial charge in [0.2, 0.25) is 0 Å². The Bertz CT molecular complexity index is 1150. The molecule has 1 saturated heterocycles. The highest BCUT2D eigenvalue weighted by Gasteiger charge is 2.39. The zero-order valence-electron chi connectivity index (χ0n) is 23.9. The van der Waals surface area contributed by atoms with Crippen molar-refractivity contribution in [2.24, 2.45) is 11.3 Å². The lowest BCUT2D eigenvalue weighted by molar-refractivity contribution is -0.122. The minimum Gasteiger partial charge on any atom is -0.496 e. The topological polar surface area (TPSA) is 63.7 Å². The third-order valence-electron chi connectivity index (χ3n) is 8.81. The normalized spacial score (nSPS) is 20.7. The molecule has 0 unspecified atom stereocenters. The van der Waals surface area contributed by atoms with Crippen molar-refractivity contribution in [3.05, 3.63) is 46.9 Å². The smallest absolute Gasteiger partial charge is 0.151 e. The number of aromatic nitrogens is 1. The van der Waals surface area contributed by atoms with Gasteiger partial charge in [0, 0.05) is 41.4 Å². The predicted octanol–water partition coefficient (Wildman–Crippen LogP) is 6.52. The van der Waals surface area contributed by atoms with E-state index in [0.717, 1.165) is 101 Å². The number of ether oxygens (including phenoxy) is 2. The molecule has 212 valence electrons. The molecule has 0 radical (unpaired) electrons. The summed E-state index contributed by atoms with van der Waals surface area (Å²) in [5.74, 6) is 2.89. The van der Waals surface area contributed by atoms with Crippen LogP contribution in [0.25, 0.3) is 0 Å². The van der Waals surface area contributed by atoms with Crippen LogP contribution in [0.15, 0.2) is 24.3 Å². The fraction of sp³-hybridized carbons (Fsp3) is 0.625. The lowest BCUT2D eigenvalue weighted by Gasteiger charge is -2.28. The Balaban J connectivity index is 1.12. The third kappa shape index (κ3) is 6.92. The van der Waals surface area contributed by atoms with Gasteiger partial charge < -0.3 is 14.8 Å². The van der Waals surface area contributed by atoms with Gasteiger partial charge >= 0.3 is 0 Å². The van der Waals surface area contributed by atoms with Gasteiger partial charge in [-0.15, -0.1) is 0 Å². The molecule has 1 aromatic carbocycles. The van der Waals surface area contributed by atoms with Crippen molar-refractivity contribution in [3.63, 3.8) is 0 Å². The summed E-state index contributed by atoms with van der Waals surface area (Å²) in [5.41, 5.74) is 3.20. The molecule has 3 aliphatic rings. The molecule has 1 saturated carbocycles. The molecule has 0 spiro atoms. The maximum atomic E-state index is 14.3. The number of methoxy groups -OCH3 is 1. The maximum absolute atomic E-state index is 14.3. The summed E-state index contributed by atoms with van der Waals surface area (Å²) >= 11 is 0. The molecule has 5 rings (SSSR count). The Labute approximate surface area is 232 Å². The number of anilines is 1. The number of rotatable bonds is 13. The van der Waals surface area contributed by atoms with Gasteiger partial charge in [0.25, 0.3) is 0 Å². The number of pyridine rings is 1. The molecule has 0 amide bonds. The molecule has 1 aromatic heterocycles. The zero-order chi connectivity index (χ0) is 27.4. The Morgan fingerprint density at radius 1 is 1.23 bits per heavy atom. The van der Waals surface area contributed by atoms with Crippen LogP contribution in [0.2, 0.25) is 0 Å². The number of Topliss-reactive ketones (excluding diaryl/α,β-unsaturated/α-hetero) is 1. The average Bonchev–Trinajstić information content (AvgIpc) is 3.49. The molecule has 6 nitrogen and oxygen atoms in total. The van der Waals surface area contributed by atoms with E-state index >= 15 is 0 Å². The van der Waals surface area contributed by atoms with Crippen molar-refractivity contribution >= 4 is 11.6 Å². The molecule has 3 heterocycles. The molecule has 2 fully saturated rings. The molecular formula is C32H44FN3O3. The highest BCUT2D eigenvalue weighted by molar-refractivity contribution is 5.83. The first-order valence-electron chi connectivity index (χ1n) is 14.8. The first kappa shape index (κ1) is 27.9. The lowest BCUT2D eigenvalue weighted by atomic mass is 9.98. The van der Waals surface area contributed by atoms with Crippen LogP contribution >= 0.6 is 0 Å². The van der Waals surface area contributed by atoms with Crippen molar-refractivity contribution in [1.82, 2.24) is 9.88 Å². The predicted molar refractivity (Wildman–Crippen MR) is 152 cm³/mol. The molecule has 39 heavy (non-hydrogen) atoms. The Kier molecular flexibility index (Phi) is 8.75. The number of ketones is 1. The monoisotopic (exact) mass is 537 g/mol. The number of aryl methyl sites for hydroxylation is 1. The third-order valence-corrected chi connectivity index (χ3v) is 8.81. The minimum absolute atomic E-state index is 0.0474. The summed E-state index contributed by atoms with van der Waals surface area (Å²) in [5, 5.41) is 3.42. The number of hydrogen-bond acceptors (Lipinski definition) is 6. The fourth-order valence-corrected chi connectivity index (χ4v) is 6.16. The number of carbonyl (C=O) groups excluding carboxylic acids is 1. The molecule has 1 aliphatic carbocycles. The number of likely N-dealkylation sites (tertiary alicyclic amines) is 1. The van der Waals surface area contributed by atoms with E-state index in [1.165, 1.54) is 17.7 Å². The Morgan fingerprint density at radius 3 is 2.85 bits per heavy atom. The van der Waals surface area contributed by atoms with E-state index in [1.807, 2.05) is 0 Å². The van der Waals surface area contributed by atoms with Crippen LogP contribution in [0.4, 0.5) is 10.2 Å². The SMILES string of the molecule is COc1cc(CCCCC[C@@H]2CCN([C@@H](C(C)=O)c3cc(F)ccc3OCC3(C)CC3)C2)nc2c1CCCN2. The van der Waals surface area contributed by atoms with Crippen LogP contribution in [0.1, 0.15) is 88.1 Å². The van der Waals surface area contributed by atoms with Gasteiger partial charge in [0.1, 0.15) is 23.1 Å². The number of hydrogen-bond donors (Lipinski definition) is 1. The number of carbonyl (C=O) groups is 1. The molecule has 0 bridgehead atoms. The Morgan fingerprint density at radius 2 is 2.08 bits per heavy atom. The van der Waals surface area contributed by atoms with Gasteiger partial charge in [-0.2, -0.15) is 0 Å². The second kappa shape index (κ2) is 12.2. The van der Waals surface area contributed by atoms with Crippen molar-refractivity contribution in [2.45, 2.75) is 84.1 Å². The summed E-state index contributed by atoms with van der Waals surface area (Å²) in [6.07, 6.45) is 11.0. The highest BCUT2D eigenvalue weighted by atomic mass is 19.1. The molecule has 2 aromatic rings. The van der Waals surface area contributed by atoms with E-state index in [-0.39, 0.29) is 17.0 Å². The van der Waals surface area contributed by atoms with Crippen molar-refractivity contribution in [3.8, 4) is 11.5 Å². The summed E-state index contributed by atoms with van der Waals surface area (Å²) in [4.78, 5) is 19.9. The van der Waals surface area contributed by atoms with Gasteiger partial charge in [-0.3, -0.25) is 9.69 Å². The summed E-state index contributed by atoms with van der Waals surface area (Å²) in [7, 11) is 1.74. The van der Waals surface area contributed by atoms with E-state index in [2.05, 4.69) is 23.2 Å². The summed E-state index contributed by atoms with van der Waals surface area (Å²) in [6.45, 7) is 7.14. The van der Waals surface area contributed by atoms with Crippen LogP contribution in [0.3, 0.4) is 0 Å². The number of unbranched alkanes of at least 4 members (excludes halogenated alkanes) is 2. The van der Waals surface area contributed by atoms with Gasteiger partial charge in [0.05, 0.1) is 19.8 Å². The Hall–Kier alpha value is -2.67. The molecular weight excluding hydrogens is 493 g/mol. The molecule has 7 heteroatoms.